The Labute approximate surface area is 115 Å². The SMILES string of the molecule is CCCCN(CC(N)=O)C(c1cccnc1)C(C)N. The van der Waals surface area contributed by atoms with Crippen LogP contribution in [0.15, 0.2) is 24.5 Å². The third kappa shape index (κ3) is 4.96. The highest BCUT2D eigenvalue weighted by Gasteiger charge is 2.25. The molecule has 0 aromatic carbocycles. The number of rotatable bonds is 8. The number of pyridine rings is 1. The molecule has 2 unspecified atom stereocenters. The van der Waals surface area contributed by atoms with Crippen molar-refractivity contribution in [2.75, 3.05) is 13.1 Å². The lowest BCUT2D eigenvalue weighted by Gasteiger charge is -2.33. The molecule has 5 nitrogen and oxygen atoms in total. The first-order chi connectivity index (χ1) is 9.06. The number of nitrogens with two attached hydrogens (primary N) is 2. The lowest BCUT2D eigenvalue weighted by Crippen LogP contribution is -2.44. The highest BCUT2D eigenvalue weighted by atomic mass is 16.1. The standard InChI is InChI=1S/C14H24N4O/c1-3-4-8-18(10-13(16)19)14(11(2)15)12-6-5-7-17-9-12/h5-7,9,11,14H,3-4,8,10,15H2,1-2H3,(H2,16,19). The summed E-state index contributed by atoms with van der Waals surface area (Å²) in [5, 5.41) is 0. The molecule has 1 amide bonds. The van der Waals surface area contributed by atoms with Crippen LogP contribution in [0.5, 0.6) is 0 Å². The van der Waals surface area contributed by atoms with E-state index >= 15 is 0 Å². The van der Waals surface area contributed by atoms with E-state index < -0.39 is 0 Å². The average molecular weight is 264 g/mol. The van der Waals surface area contributed by atoms with Crippen LogP contribution in [-0.4, -0.2) is 34.9 Å². The van der Waals surface area contributed by atoms with Gasteiger partial charge in [0.1, 0.15) is 0 Å². The van der Waals surface area contributed by atoms with Crippen molar-refractivity contribution in [2.45, 2.75) is 38.8 Å². The number of hydrogen-bond acceptors (Lipinski definition) is 4. The van der Waals surface area contributed by atoms with Gasteiger partial charge < -0.3 is 11.5 Å². The van der Waals surface area contributed by atoms with Crippen molar-refractivity contribution in [3.05, 3.63) is 30.1 Å². The van der Waals surface area contributed by atoms with Crippen LogP contribution in [0.4, 0.5) is 0 Å². The molecule has 0 fully saturated rings. The Morgan fingerprint density at radius 2 is 2.26 bits per heavy atom. The second-order valence-corrected chi connectivity index (χ2v) is 4.88. The molecule has 0 bridgehead atoms. The lowest BCUT2D eigenvalue weighted by atomic mass is 10.0. The summed E-state index contributed by atoms with van der Waals surface area (Å²) in [4.78, 5) is 17.4. The Kier molecular flexibility index (Phi) is 6.45. The molecular weight excluding hydrogens is 240 g/mol. The first-order valence-electron chi connectivity index (χ1n) is 6.74. The molecule has 4 N–H and O–H groups in total. The summed E-state index contributed by atoms with van der Waals surface area (Å²) in [6, 6.07) is 3.74. The fraction of sp³-hybridized carbons (Fsp3) is 0.571. The molecule has 0 radical (unpaired) electrons. The third-order valence-corrected chi connectivity index (χ3v) is 3.08. The van der Waals surface area contributed by atoms with Crippen molar-refractivity contribution in [1.29, 1.82) is 0 Å². The van der Waals surface area contributed by atoms with Gasteiger partial charge in [-0.15, -0.1) is 0 Å². The van der Waals surface area contributed by atoms with E-state index in [9.17, 15) is 4.79 Å². The summed E-state index contributed by atoms with van der Waals surface area (Å²) in [6.45, 7) is 5.09. The maximum atomic E-state index is 11.3. The monoisotopic (exact) mass is 264 g/mol. The van der Waals surface area contributed by atoms with Gasteiger partial charge in [-0.3, -0.25) is 14.7 Å². The minimum atomic E-state index is -0.328. The molecule has 1 aromatic heterocycles. The molecule has 5 heteroatoms. The van der Waals surface area contributed by atoms with Crippen LogP contribution in [0.25, 0.3) is 0 Å². The van der Waals surface area contributed by atoms with Crippen LogP contribution in [0.3, 0.4) is 0 Å². The van der Waals surface area contributed by atoms with E-state index in [0.717, 1.165) is 24.9 Å². The molecule has 0 aliphatic heterocycles. The number of nitrogens with zero attached hydrogens (tertiary/aromatic N) is 2. The molecule has 1 aromatic rings. The summed E-state index contributed by atoms with van der Waals surface area (Å²) < 4.78 is 0. The summed E-state index contributed by atoms with van der Waals surface area (Å²) in [6.07, 6.45) is 5.60. The van der Waals surface area contributed by atoms with E-state index in [1.165, 1.54) is 0 Å². The minimum absolute atomic E-state index is 0.0345. The Bertz CT molecular complexity index is 380. The average Bonchev–Trinajstić information content (AvgIpc) is 2.36. The molecule has 2 atom stereocenters. The number of primary amides is 1. The van der Waals surface area contributed by atoms with Gasteiger partial charge in [0, 0.05) is 18.4 Å². The van der Waals surface area contributed by atoms with Gasteiger partial charge in [-0.25, -0.2) is 0 Å². The van der Waals surface area contributed by atoms with E-state index in [1.54, 1.807) is 12.4 Å². The van der Waals surface area contributed by atoms with Gasteiger partial charge in [-0.1, -0.05) is 19.4 Å². The van der Waals surface area contributed by atoms with Gasteiger partial charge in [0.2, 0.25) is 5.91 Å². The van der Waals surface area contributed by atoms with Crippen molar-refractivity contribution < 1.29 is 4.79 Å². The van der Waals surface area contributed by atoms with Gasteiger partial charge in [-0.2, -0.15) is 0 Å². The smallest absolute Gasteiger partial charge is 0.231 e. The zero-order valence-corrected chi connectivity index (χ0v) is 11.7. The largest absolute Gasteiger partial charge is 0.369 e. The first-order valence-corrected chi connectivity index (χ1v) is 6.74. The number of hydrogen-bond donors (Lipinski definition) is 2. The lowest BCUT2D eigenvalue weighted by molar-refractivity contribution is -0.119. The second kappa shape index (κ2) is 7.86. The molecule has 19 heavy (non-hydrogen) atoms. The van der Waals surface area contributed by atoms with Crippen molar-refractivity contribution in [2.24, 2.45) is 11.5 Å². The molecule has 0 saturated carbocycles. The van der Waals surface area contributed by atoms with E-state index in [4.69, 9.17) is 11.5 Å². The topological polar surface area (TPSA) is 85.2 Å². The van der Waals surface area contributed by atoms with E-state index in [0.29, 0.717) is 0 Å². The Morgan fingerprint density at radius 3 is 2.74 bits per heavy atom. The summed E-state index contributed by atoms with van der Waals surface area (Å²) in [7, 11) is 0. The zero-order chi connectivity index (χ0) is 14.3. The number of carbonyl (C=O) groups is 1. The van der Waals surface area contributed by atoms with Gasteiger partial charge in [0.15, 0.2) is 0 Å². The highest BCUT2D eigenvalue weighted by Crippen LogP contribution is 2.23. The quantitative estimate of drug-likeness (QED) is 0.735. The van der Waals surface area contributed by atoms with Gasteiger partial charge in [0.05, 0.1) is 12.6 Å². The molecule has 0 saturated heterocycles. The van der Waals surface area contributed by atoms with Gasteiger partial charge >= 0.3 is 0 Å². The van der Waals surface area contributed by atoms with Gasteiger partial charge in [-0.05, 0) is 31.5 Å². The first kappa shape index (κ1) is 15.6. The highest BCUT2D eigenvalue weighted by molar-refractivity contribution is 5.76. The molecular formula is C14H24N4O. The van der Waals surface area contributed by atoms with Crippen molar-refractivity contribution in [1.82, 2.24) is 9.88 Å². The fourth-order valence-corrected chi connectivity index (χ4v) is 2.28. The predicted molar refractivity (Wildman–Crippen MR) is 76.3 cm³/mol. The van der Waals surface area contributed by atoms with Crippen molar-refractivity contribution in [3.63, 3.8) is 0 Å². The number of aromatic nitrogens is 1. The van der Waals surface area contributed by atoms with Crippen LogP contribution < -0.4 is 11.5 Å². The summed E-state index contributed by atoms with van der Waals surface area (Å²) >= 11 is 0. The van der Waals surface area contributed by atoms with Gasteiger partial charge in [0.25, 0.3) is 0 Å². The maximum Gasteiger partial charge on any atom is 0.231 e. The van der Waals surface area contributed by atoms with Crippen LogP contribution in [-0.2, 0) is 4.79 Å². The van der Waals surface area contributed by atoms with Crippen molar-refractivity contribution in [3.8, 4) is 0 Å². The Morgan fingerprint density at radius 1 is 1.53 bits per heavy atom. The van der Waals surface area contributed by atoms with Crippen LogP contribution in [0.2, 0.25) is 0 Å². The number of carbonyl (C=O) groups excluding carboxylic acids is 1. The normalized spacial score (nSPS) is 14.3. The zero-order valence-electron chi connectivity index (χ0n) is 11.7. The third-order valence-electron chi connectivity index (χ3n) is 3.08. The summed E-state index contributed by atoms with van der Waals surface area (Å²) in [5.74, 6) is -0.328. The second-order valence-electron chi connectivity index (χ2n) is 4.88. The fourth-order valence-electron chi connectivity index (χ4n) is 2.28. The molecule has 0 aliphatic rings. The van der Waals surface area contributed by atoms with E-state index in [1.807, 2.05) is 24.0 Å². The minimum Gasteiger partial charge on any atom is -0.369 e. The van der Waals surface area contributed by atoms with Crippen LogP contribution in [0, 0.1) is 0 Å². The molecule has 0 aliphatic carbocycles. The van der Waals surface area contributed by atoms with Crippen LogP contribution in [0.1, 0.15) is 38.3 Å². The van der Waals surface area contributed by atoms with Crippen LogP contribution >= 0.6 is 0 Å². The predicted octanol–water partition coefficient (Wildman–Crippen LogP) is 1.06. The number of unbranched alkanes of at least 4 members (excludes halogenated alkanes) is 1. The molecule has 1 heterocycles. The van der Waals surface area contributed by atoms with E-state index in [-0.39, 0.29) is 24.5 Å². The Hall–Kier alpha value is -1.46. The summed E-state index contributed by atoms with van der Waals surface area (Å²) in [5.41, 5.74) is 12.5. The maximum absolute atomic E-state index is 11.3. The van der Waals surface area contributed by atoms with Crippen molar-refractivity contribution >= 4 is 5.91 Å². The number of amides is 1. The van der Waals surface area contributed by atoms with E-state index in [2.05, 4.69) is 11.9 Å². The molecule has 106 valence electrons. The molecule has 0 spiro atoms. The molecule has 1 rings (SSSR count). The Balaban J connectivity index is 2.94.